The first kappa shape index (κ1) is 37.9. The Labute approximate surface area is 304 Å². The maximum Gasteiger partial charge on any atom is 0.128 e. The van der Waals surface area contributed by atoms with Gasteiger partial charge in [0.25, 0.3) is 0 Å². The molecule has 256 valence electrons. The normalized spacial score (nSPS) is 11.8. The molecule has 0 atom stereocenters. The number of nitrogens with two attached hydrogens (primary N) is 2. The van der Waals surface area contributed by atoms with Crippen molar-refractivity contribution >= 4 is 40.9 Å². The number of nitrogens with zero attached hydrogens (tertiary/aromatic N) is 2. The third kappa shape index (κ3) is 10.5. The summed E-state index contributed by atoms with van der Waals surface area (Å²) in [4.78, 5) is 4.67. The van der Waals surface area contributed by atoms with Gasteiger partial charge < -0.3 is 16.8 Å². The summed E-state index contributed by atoms with van der Waals surface area (Å²) in [7, 11) is 0. The van der Waals surface area contributed by atoms with Gasteiger partial charge in [0.05, 0.1) is 11.6 Å². The first-order valence-electron chi connectivity index (χ1n) is 17.4. The van der Waals surface area contributed by atoms with Crippen LogP contribution in [-0.2, 0) is 25.7 Å². The van der Waals surface area contributed by atoms with Crippen molar-refractivity contribution in [2.45, 2.75) is 38.5 Å². The van der Waals surface area contributed by atoms with Crippen LogP contribution in [-0.4, -0.2) is 32.0 Å². The molecule has 5 nitrogen and oxygen atoms in total. The van der Waals surface area contributed by atoms with Gasteiger partial charge >= 0.3 is 0 Å². The van der Waals surface area contributed by atoms with E-state index in [2.05, 4.69) is 126 Å². The van der Waals surface area contributed by atoms with E-state index in [9.17, 15) is 0 Å². The second-order valence-corrected chi connectivity index (χ2v) is 12.1. The van der Waals surface area contributed by atoms with Crippen LogP contribution >= 0.6 is 13.5 Å². The predicted molar refractivity (Wildman–Crippen MR) is 217 cm³/mol. The number of nitriles is 1. The van der Waals surface area contributed by atoms with Crippen molar-refractivity contribution in [3.8, 4) is 6.07 Å². The second-order valence-electron chi connectivity index (χ2n) is 12.1. The highest BCUT2D eigenvalue weighted by Gasteiger charge is 2.12. The molecular formula is C44H49N5S. The first-order chi connectivity index (χ1) is 24.2. The minimum absolute atomic E-state index is 0. The summed E-state index contributed by atoms with van der Waals surface area (Å²) in [6.07, 6.45) is 6.01. The summed E-state index contributed by atoms with van der Waals surface area (Å²) in [6.45, 7) is 3.39. The second kappa shape index (κ2) is 20.6. The van der Waals surface area contributed by atoms with Crippen molar-refractivity contribution in [2.75, 3.05) is 26.2 Å². The van der Waals surface area contributed by atoms with Gasteiger partial charge in [0.15, 0.2) is 0 Å². The molecule has 6 aromatic carbocycles. The molecule has 0 unspecified atom stereocenters. The fourth-order valence-corrected chi connectivity index (χ4v) is 6.21. The number of benzene rings is 6. The van der Waals surface area contributed by atoms with Gasteiger partial charge in [-0.1, -0.05) is 127 Å². The Hall–Kier alpha value is -4.93. The van der Waals surface area contributed by atoms with Crippen molar-refractivity contribution in [3.05, 3.63) is 167 Å². The van der Waals surface area contributed by atoms with Crippen LogP contribution in [0, 0.1) is 11.3 Å². The van der Waals surface area contributed by atoms with E-state index in [0.717, 1.165) is 81.7 Å². The minimum atomic E-state index is 0. The van der Waals surface area contributed by atoms with E-state index in [4.69, 9.17) is 16.7 Å². The average Bonchev–Trinajstić information content (AvgIpc) is 3.17. The molecule has 0 spiro atoms. The quantitative estimate of drug-likeness (QED) is 0.143. The zero-order chi connectivity index (χ0) is 34.1. The molecule has 1 aliphatic heterocycles. The summed E-state index contributed by atoms with van der Waals surface area (Å²) in [6, 6.07) is 48.9. The third-order valence-corrected chi connectivity index (χ3v) is 8.80. The number of hydrogen-bond donors (Lipinski definition) is 3. The Kier molecular flexibility index (Phi) is 15.6. The van der Waals surface area contributed by atoms with Crippen LogP contribution in [0.5, 0.6) is 0 Å². The standard InChI is InChI=1S/C22H22N2.C19H15N.C3H10N2.H2S/c1-3-11-20-17(7-1)9-5-10-18(20)13-14-19-8-2-4-12-21(19)22-23-15-6-16-24-22;20-14-18-8-2-1-6-15(18)12-13-17-10-5-9-16-7-3-4-11-19(16)17;4-2-1-3-5;/h1-5,7-12H,6,13-16H2,(H,23,24);1-11H,12-13H2;1-5H2;1H2. The molecule has 0 aliphatic carbocycles. The smallest absolute Gasteiger partial charge is 0.128 e. The maximum atomic E-state index is 9.14. The Bertz CT molecular complexity index is 2000. The van der Waals surface area contributed by atoms with Gasteiger partial charge in [0, 0.05) is 18.7 Å². The molecule has 1 heterocycles. The van der Waals surface area contributed by atoms with E-state index in [1.807, 2.05) is 24.3 Å². The number of aryl methyl sites for hydroxylation is 4. The van der Waals surface area contributed by atoms with Crippen molar-refractivity contribution in [1.29, 1.82) is 5.26 Å². The van der Waals surface area contributed by atoms with Gasteiger partial charge in [-0.15, -0.1) is 0 Å². The van der Waals surface area contributed by atoms with Crippen molar-refractivity contribution in [1.82, 2.24) is 5.32 Å². The van der Waals surface area contributed by atoms with Gasteiger partial charge in [-0.3, -0.25) is 4.99 Å². The van der Waals surface area contributed by atoms with Crippen LogP contribution in [0.1, 0.15) is 46.2 Å². The minimum Gasteiger partial charge on any atom is -0.370 e. The lowest BCUT2D eigenvalue weighted by molar-refractivity contribution is 0.741. The lowest BCUT2D eigenvalue weighted by Gasteiger charge is -2.17. The lowest BCUT2D eigenvalue weighted by atomic mass is 9.96. The Balaban J connectivity index is 0.000000197. The fourth-order valence-electron chi connectivity index (χ4n) is 6.21. The molecule has 0 saturated carbocycles. The van der Waals surface area contributed by atoms with Crippen LogP contribution < -0.4 is 16.8 Å². The average molecular weight is 680 g/mol. The third-order valence-electron chi connectivity index (χ3n) is 8.80. The molecule has 7 rings (SSSR count). The first-order valence-corrected chi connectivity index (χ1v) is 17.4. The van der Waals surface area contributed by atoms with Crippen molar-refractivity contribution in [3.63, 3.8) is 0 Å². The number of hydrogen-bond acceptors (Lipinski definition) is 5. The molecule has 6 heteroatoms. The molecule has 1 aliphatic rings. The van der Waals surface area contributed by atoms with E-state index >= 15 is 0 Å². The lowest BCUT2D eigenvalue weighted by Crippen LogP contribution is -2.31. The topological polar surface area (TPSA) is 100 Å². The number of rotatable bonds is 9. The van der Waals surface area contributed by atoms with Crippen molar-refractivity contribution < 1.29 is 0 Å². The van der Waals surface area contributed by atoms with E-state index < -0.39 is 0 Å². The zero-order valence-corrected chi connectivity index (χ0v) is 29.8. The molecule has 0 saturated heterocycles. The highest BCUT2D eigenvalue weighted by Crippen LogP contribution is 2.22. The molecular weight excluding hydrogens is 631 g/mol. The molecule has 50 heavy (non-hydrogen) atoms. The monoisotopic (exact) mass is 679 g/mol. The van der Waals surface area contributed by atoms with Gasteiger partial charge in [-0.05, 0) is 101 Å². The van der Waals surface area contributed by atoms with Crippen LogP contribution in [0.25, 0.3) is 21.5 Å². The summed E-state index contributed by atoms with van der Waals surface area (Å²) in [5, 5.41) is 17.9. The summed E-state index contributed by atoms with van der Waals surface area (Å²) in [5.74, 6) is 1.06. The van der Waals surface area contributed by atoms with Gasteiger partial charge in [-0.2, -0.15) is 18.8 Å². The van der Waals surface area contributed by atoms with Crippen LogP contribution in [0.3, 0.4) is 0 Å². The SMILES string of the molecule is N#Cc1ccccc1CCc1cccc2ccccc12.NCCCN.S.c1ccc(C2=NCCCN2)c(CCc2cccc3ccccc23)c1. The summed E-state index contributed by atoms with van der Waals surface area (Å²) >= 11 is 0. The van der Waals surface area contributed by atoms with E-state index in [0.29, 0.717) is 0 Å². The number of nitrogens with one attached hydrogen (secondary N) is 1. The fraction of sp³-hybridized carbons (Fsp3) is 0.227. The van der Waals surface area contributed by atoms with Gasteiger partial charge in [-0.25, -0.2) is 0 Å². The van der Waals surface area contributed by atoms with E-state index in [-0.39, 0.29) is 13.5 Å². The molecule has 0 aromatic heterocycles. The molecule has 0 fully saturated rings. The van der Waals surface area contributed by atoms with E-state index in [1.54, 1.807) is 0 Å². The number of amidine groups is 1. The highest BCUT2D eigenvalue weighted by atomic mass is 32.1. The summed E-state index contributed by atoms with van der Waals surface area (Å²) in [5.41, 5.74) is 17.4. The van der Waals surface area contributed by atoms with Gasteiger partial charge in [0.2, 0.25) is 0 Å². The zero-order valence-electron chi connectivity index (χ0n) is 28.8. The Morgan fingerprint density at radius 2 is 1.06 bits per heavy atom. The largest absolute Gasteiger partial charge is 0.370 e. The van der Waals surface area contributed by atoms with Crippen LogP contribution in [0.4, 0.5) is 0 Å². The molecule has 0 amide bonds. The molecule has 0 radical (unpaired) electrons. The Morgan fingerprint density at radius 1 is 0.580 bits per heavy atom. The Morgan fingerprint density at radius 3 is 1.62 bits per heavy atom. The number of fused-ring (bicyclic) bond motifs is 2. The van der Waals surface area contributed by atoms with E-state index in [1.165, 1.54) is 43.8 Å². The predicted octanol–water partition coefficient (Wildman–Crippen LogP) is 8.27. The van der Waals surface area contributed by atoms with Crippen LogP contribution in [0.2, 0.25) is 0 Å². The van der Waals surface area contributed by atoms with Crippen LogP contribution in [0.15, 0.2) is 138 Å². The van der Waals surface area contributed by atoms with Crippen molar-refractivity contribution in [2.24, 2.45) is 16.5 Å². The molecule has 5 N–H and O–H groups in total. The molecule has 0 bridgehead atoms. The summed E-state index contributed by atoms with van der Waals surface area (Å²) < 4.78 is 0. The molecule has 6 aromatic rings. The maximum absolute atomic E-state index is 9.14. The highest BCUT2D eigenvalue weighted by molar-refractivity contribution is 7.59. The number of aliphatic imine (C=N–C) groups is 1. The van der Waals surface area contributed by atoms with Gasteiger partial charge in [0.1, 0.15) is 5.84 Å².